The molecule has 0 saturated carbocycles. The third-order valence-electron chi connectivity index (χ3n) is 2.67. The van der Waals surface area contributed by atoms with Crippen LogP contribution in [0.4, 0.5) is 5.69 Å². The van der Waals surface area contributed by atoms with E-state index in [0.717, 1.165) is 5.69 Å². The molecule has 0 aliphatic carbocycles. The first-order valence-corrected chi connectivity index (χ1v) is 6.77. The zero-order chi connectivity index (χ0) is 16.5. The minimum absolute atomic E-state index is 0.0975. The smallest absolute Gasteiger partial charge is 0.216 e. The molecule has 2 rings (SSSR count). The highest BCUT2D eigenvalue weighted by Crippen LogP contribution is 2.18. The molecule has 0 aliphatic heterocycles. The second kappa shape index (κ2) is 8.14. The summed E-state index contributed by atoms with van der Waals surface area (Å²) in [4.78, 5) is 10.8. The molecule has 1 aromatic heterocycles. The van der Waals surface area contributed by atoms with Crippen LogP contribution in [0, 0.1) is 11.3 Å². The average molecular weight is 313 g/mol. The van der Waals surface area contributed by atoms with Crippen LogP contribution in [0.15, 0.2) is 30.5 Å². The van der Waals surface area contributed by atoms with Gasteiger partial charge in [-0.15, -0.1) is 10.2 Å². The van der Waals surface area contributed by atoms with E-state index in [0.29, 0.717) is 18.9 Å². The van der Waals surface area contributed by atoms with E-state index in [1.165, 1.54) is 13.1 Å². The van der Waals surface area contributed by atoms with Gasteiger partial charge in [0.05, 0.1) is 6.54 Å². The van der Waals surface area contributed by atoms with Crippen LogP contribution in [0.1, 0.15) is 12.7 Å². The van der Waals surface area contributed by atoms with E-state index in [2.05, 4.69) is 31.3 Å². The largest absolute Gasteiger partial charge is 0.492 e. The van der Waals surface area contributed by atoms with Crippen molar-refractivity contribution in [3.8, 4) is 11.8 Å². The lowest BCUT2D eigenvalue weighted by atomic mass is 10.2. The molecule has 0 unspecified atom stereocenters. The van der Waals surface area contributed by atoms with Gasteiger partial charge in [-0.2, -0.15) is 10.5 Å². The fraction of sp³-hybridized carbons (Fsp3) is 0.214. The molecule has 1 amide bonds. The van der Waals surface area contributed by atoms with Gasteiger partial charge >= 0.3 is 0 Å². The molecule has 0 saturated heterocycles. The minimum Gasteiger partial charge on any atom is -0.492 e. The molecule has 0 atom stereocenters. The lowest BCUT2D eigenvalue weighted by Gasteiger charge is -2.08. The number of ether oxygens (including phenoxy) is 1. The summed E-state index contributed by atoms with van der Waals surface area (Å²) >= 11 is 0. The van der Waals surface area contributed by atoms with E-state index >= 15 is 0 Å². The normalized spacial score (nSPS) is 10.7. The first kappa shape index (κ1) is 16.0. The number of H-pyrrole nitrogens is 1. The first-order valence-electron chi connectivity index (χ1n) is 6.77. The summed E-state index contributed by atoms with van der Waals surface area (Å²) in [5, 5.41) is 27.9. The van der Waals surface area contributed by atoms with Gasteiger partial charge in [-0.3, -0.25) is 4.79 Å². The summed E-state index contributed by atoms with van der Waals surface area (Å²) in [5.74, 6) is 0.759. The number of nitriles is 1. The van der Waals surface area contributed by atoms with Crippen molar-refractivity contribution < 1.29 is 9.53 Å². The molecule has 9 heteroatoms. The number of carbonyl (C=O) groups excluding carboxylic acids is 1. The van der Waals surface area contributed by atoms with Crippen molar-refractivity contribution in [3.05, 3.63) is 36.3 Å². The molecule has 0 aliphatic rings. The Balaban J connectivity index is 1.94. The number of anilines is 1. The highest BCUT2D eigenvalue weighted by atomic mass is 16.5. The van der Waals surface area contributed by atoms with Crippen LogP contribution in [0.2, 0.25) is 0 Å². The first-order chi connectivity index (χ1) is 11.2. The van der Waals surface area contributed by atoms with Crippen molar-refractivity contribution in [2.24, 2.45) is 0 Å². The Labute approximate surface area is 132 Å². The highest BCUT2D eigenvalue weighted by molar-refractivity contribution is 5.74. The predicted octanol–water partition coefficient (Wildman–Crippen LogP) is 0.691. The number of tetrazole rings is 1. The second-order valence-electron chi connectivity index (χ2n) is 4.41. The monoisotopic (exact) mass is 313 g/mol. The van der Waals surface area contributed by atoms with E-state index in [-0.39, 0.29) is 17.3 Å². The van der Waals surface area contributed by atoms with Crippen molar-refractivity contribution in [3.63, 3.8) is 0 Å². The van der Waals surface area contributed by atoms with Crippen LogP contribution in [0.5, 0.6) is 5.75 Å². The maximum Gasteiger partial charge on any atom is 0.216 e. The fourth-order valence-corrected chi connectivity index (χ4v) is 1.65. The van der Waals surface area contributed by atoms with E-state index in [1.54, 1.807) is 12.1 Å². The fourth-order valence-electron chi connectivity index (χ4n) is 1.65. The van der Waals surface area contributed by atoms with Crippen LogP contribution in [0.25, 0.3) is 5.57 Å². The highest BCUT2D eigenvalue weighted by Gasteiger charge is 2.05. The van der Waals surface area contributed by atoms with Gasteiger partial charge in [0.15, 0.2) is 0 Å². The molecule has 0 fully saturated rings. The van der Waals surface area contributed by atoms with Crippen molar-refractivity contribution >= 4 is 17.2 Å². The third-order valence-corrected chi connectivity index (χ3v) is 2.67. The second-order valence-corrected chi connectivity index (χ2v) is 4.41. The lowest BCUT2D eigenvalue weighted by Crippen LogP contribution is -2.25. The molecule has 3 N–H and O–H groups in total. The lowest BCUT2D eigenvalue weighted by molar-refractivity contribution is -0.119. The molecule has 1 aromatic carbocycles. The van der Waals surface area contributed by atoms with Gasteiger partial charge in [0.25, 0.3) is 0 Å². The number of allylic oxidation sites excluding steroid dienone is 1. The van der Waals surface area contributed by atoms with Gasteiger partial charge in [-0.05, 0) is 17.3 Å². The zero-order valence-corrected chi connectivity index (χ0v) is 12.4. The molecule has 0 bridgehead atoms. The minimum atomic E-state index is -0.0975. The van der Waals surface area contributed by atoms with Gasteiger partial charge in [0.2, 0.25) is 11.7 Å². The Morgan fingerprint density at radius 2 is 2.39 bits per heavy atom. The van der Waals surface area contributed by atoms with Gasteiger partial charge in [-0.25, -0.2) is 0 Å². The summed E-state index contributed by atoms with van der Waals surface area (Å²) < 4.78 is 5.52. The van der Waals surface area contributed by atoms with Crippen molar-refractivity contribution in [2.75, 3.05) is 18.5 Å². The number of hydrogen-bond acceptors (Lipinski definition) is 7. The predicted molar refractivity (Wildman–Crippen MR) is 82.0 cm³/mol. The summed E-state index contributed by atoms with van der Waals surface area (Å²) in [7, 11) is 0. The zero-order valence-electron chi connectivity index (χ0n) is 12.4. The quantitative estimate of drug-likeness (QED) is 0.506. The topological polar surface area (TPSA) is 129 Å². The van der Waals surface area contributed by atoms with Gasteiger partial charge in [0, 0.05) is 24.9 Å². The molecule has 0 spiro atoms. The van der Waals surface area contributed by atoms with Crippen molar-refractivity contribution in [2.45, 2.75) is 6.92 Å². The maximum atomic E-state index is 10.8. The SMILES string of the molecule is CC(=O)NCCOc1cccc(NC=C(C#N)c2nn[nH]n2)c1. The van der Waals surface area contributed by atoms with Crippen LogP contribution < -0.4 is 15.4 Å². The number of aromatic nitrogens is 4. The van der Waals surface area contributed by atoms with Crippen LogP contribution in [-0.4, -0.2) is 39.7 Å². The van der Waals surface area contributed by atoms with Crippen LogP contribution >= 0.6 is 0 Å². The molecule has 23 heavy (non-hydrogen) atoms. The molecule has 2 aromatic rings. The van der Waals surface area contributed by atoms with Gasteiger partial charge in [0.1, 0.15) is 24.0 Å². The molecular weight excluding hydrogens is 298 g/mol. The average Bonchev–Trinajstić information content (AvgIpc) is 3.07. The number of nitrogens with one attached hydrogen (secondary N) is 3. The Morgan fingerprint density at radius 1 is 1.52 bits per heavy atom. The number of aromatic amines is 1. The van der Waals surface area contributed by atoms with E-state index in [1.807, 2.05) is 18.2 Å². The number of hydrogen-bond donors (Lipinski definition) is 3. The summed E-state index contributed by atoms with van der Waals surface area (Å²) in [6.45, 7) is 2.25. The molecular formula is C14H15N7O2. The Hall–Kier alpha value is -3.41. The Bertz CT molecular complexity index is 719. The van der Waals surface area contributed by atoms with Crippen LogP contribution in [0.3, 0.4) is 0 Å². The number of nitrogens with zero attached hydrogens (tertiary/aromatic N) is 4. The Kier molecular flexibility index (Phi) is 5.65. The number of benzene rings is 1. The molecule has 9 nitrogen and oxygen atoms in total. The standard InChI is InChI=1S/C14H15N7O2/c1-10(22)16-5-6-23-13-4-2-3-12(7-13)17-9-11(8-15)14-18-20-21-19-14/h2-4,7,9,17H,5-6H2,1H3,(H,16,22)(H,18,19,20,21). The maximum absolute atomic E-state index is 10.8. The van der Waals surface area contributed by atoms with Crippen LogP contribution in [-0.2, 0) is 4.79 Å². The van der Waals surface area contributed by atoms with Crippen molar-refractivity contribution in [1.82, 2.24) is 25.9 Å². The number of carbonyl (C=O) groups is 1. The van der Waals surface area contributed by atoms with E-state index < -0.39 is 0 Å². The van der Waals surface area contributed by atoms with E-state index in [9.17, 15) is 4.79 Å². The third kappa shape index (κ3) is 5.13. The Morgan fingerprint density at radius 3 is 3.09 bits per heavy atom. The van der Waals surface area contributed by atoms with Gasteiger partial charge < -0.3 is 15.4 Å². The number of rotatable bonds is 7. The summed E-state index contributed by atoms with van der Waals surface area (Å²) in [5.41, 5.74) is 0.981. The van der Waals surface area contributed by atoms with Crippen molar-refractivity contribution in [1.29, 1.82) is 5.26 Å². The number of amides is 1. The summed E-state index contributed by atoms with van der Waals surface area (Å²) in [6, 6.07) is 9.19. The molecule has 118 valence electrons. The van der Waals surface area contributed by atoms with Gasteiger partial charge in [-0.1, -0.05) is 6.07 Å². The summed E-state index contributed by atoms with van der Waals surface area (Å²) in [6.07, 6.45) is 1.49. The van der Waals surface area contributed by atoms with E-state index in [4.69, 9.17) is 10.00 Å². The molecule has 1 heterocycles. The molecule has 0 radical (unpaired) electrons.